The summed E-state index contributed by atoms with van der Waals surface area (Å²) in [5.74, 6) is -0.194. The molecule has 0 bridgehead atoms. The highest BCUT2D eigenvalue weighted by Gasteiger charge is 2.29. The topological polar surface area (TPSA) is 82.8 Å². The zero-order chi connectivity index (χ0) is 17.0. The predicted molar refractivity (Wildman–Crippen MR) is 85.8 cm³/mol. The average Bonchev–Trinajstić information content (AvgIpc) is 3.05. The SMILES string of the molecule is CC(C)(C)C(O)CNC(=O)C1CCN(C(=O)c2ccoc2)CC1. The molecule has 1 aliphatic rings. The normalized spacial score (nSPS) is 17.8. The van der Waals surface area contributed by atoms with Crippen LogP contribution in [0.5, 0.6) is 0 Å². The number of amides is 2. The number of rotatable bonds is 4. The van der Waals surface area contributed by atoms with Gasteiger partial charge in [-0.05, 0) is 24.3 Å². The van der Waals surface area contributed by atoms with Gasteiger partial charge in [-0.2, -0.15) is 0 Å². The fraction of sp³-hybridized carbons (Fsp3) is 0.647. The number of hydrogen-bond donors (Lipinski definition) is 2. The maximum absolute atomic E-state index is 12.2. The van der Waals surface area contributed by atoms with E-state index in [4.69, 9.17) is 4.42 Å². The molecule has 0 aliphatic carbocycles. The van der Waals surface area contributed by atoms with Crippen LogP contribution >= 0.6 is 0 Å². The van der Waals surface area contributed by atoms with Gasteiger partial charge in [0, 0.05) is 25.6 Å². The van der Waals surface area contributed by atoms with Crippen LogP contribution in [0.15, 0.2) is 23.0 Å². The van der Waals surface area contributed by atoms with Crippen molar-refractivity contribution in [3.8, 4) is 0 Å². The molecule has 6 heteroatoms. The lowest BCUT2D eigenvalue weighted by atomic mass is 9.89. The Morgan fingerprint density at radius 1 is 1.39 bits per heavy atom. The first-order chi connectivity index (χ1) is 10.8. The Hall–Kier alpha value is -1.82. The predicted octanol–water partition coefficient (Wildman–Crippen LogP) is 1.65. The van der Waals surface area contributed by atoms with Crippen LogP contribution < -0.4 is 5.32 Å². The molecule has 1 atom stereocenters. The fourth-order valence-electron chi connectivity index (χ4n) is 2.56. The van der Waals surface area contributed by atoms with E-state index in [-0.39, 0.29) is 29.7 Å². The Balaban J connectivity index is 1.78. The first kappa shape index (κ1) is 17.5. The summed E-state index contributed by atoms with van der Waals surface area (Å²) in [5, 5.41) is 12.8. The summed E-state index contributed by atoms with van der Waals surface area (Å²) >= 11 is 0. The number of carbonyl (C=O) groups excluding carboxylic acids is 2. The van der Waals surface area contributed by atoms with E-state index >= 15 is 0 Å². The summed E-state index contributed by atoms with van der Waals surface area (Å²) in [6, 6.07) is 1.65. The van der Waals surface area contributed by atoms with Crippen molar-refractivity contribution in [2.24, 2.45) is 11.3 Å². The first-order valence-corrected chi connectivity index (χ1v) is 8.06. The van der Waals surface area contributed by atoms with Crippen LogP contribution in [-0.2, 0) is 4.79 Å². The van der Waals surface area contributed by atoms with E-state index in [2.05, 4.69) is 5.32 Å². The van der Waals surface area contributed by atoms with Crippen LogP contribution in [0.4, 0.5) is 0 Å². The van der Waals surface area contributed by atoms with Gasteiger partial charge in [0.25, 0.3) is 5.91 Å². The molecule has 1 aliphatic heterocycles. The molecule has 2 N–H and O–H groups in total. The molecule has 0 spiro atoms. The van der Waals surface area contributed by atoms with Crippen molar-refractivity contribution in [3.05, 3.63) is 24.2 Å². The monoisotopic (exact) mass is 322 g/mol. The molecule has 1 saturated heterocycles. The van der Waals surface area contributed by atoms with E-state index in [0.717, 1.165) is 0 Å². The molecule has 0 radical (unpaired) electrons. The Bertz CT molecular complexity index is 525. The van der Waals surface area contributed by atoms with Crippen LogP contribution in [0.1, 0.15) is 44.0 Å². The number of furan rings is 1. The van der Waals surface area contributed by atoms with Crippen LogP contribution in [0.25, 0.3) is 0 Å². The molecule has 6 nitrogen and oxygen atoms in total. The molecule has 23 heavy (non-hydrogen) atoms. The molecule has 1 fully saturated rings. The summed E-state index contributed by atoms with van der Waals surface area (Å²) in [5.41, 5.74) is 0.286. The summed E-state index contributed by atoms with van der Waals surface area (Å²) < 4.78 is 4.93. The second-order valence-electron chi connectivity index (χ2n) is 7.21. The van der Waals surface area contributed by atoms with E-state index in [1.807, 2.05) is 20.8 Å². The van der Waals surface area contributed by atoms with E-state index in [1.54, 1.807) is 11.0 Å². The van der Waals surface area contributed by atoms with Crippen molar-refractivity contribution in [3.63, 3.8) is 0 Å². The minimum atomic E-state index is -0.575. The highest BCUT2D eigenvalue weighted by atomic mass is 16.3. The second-order valence-corrected chi connectivity index (χ2v) is 7.21. The number of nitrogens with one attached hydrogen (secondary N) is 1. The van der Waals surface area contributed by atoms with E-state index < -0.39 is 6.10 Å². The smallest absolute Gasteiger partial charge is 0.257 e. The standard InChI is InChI=1S/C17H26N2O4/c1-17(2,3)14(20)10-18-15(21)12-4-7-19(8-5-12)16(22)13-6-9-23-11-13/h6,9,11-12,14,20H,4-5,7-8,10H2,1-3H3,(H,18,21). The molecule has 2 amide bonds. The number of likely N-dealkylation sites (tertiary alicyclic amines) is 1. The van der Waals surface area contributed by atoms with Crippen molar-refractivity contribution in [1.82, 2.24) is 10.2 Å². The molecule has 1 aromatic heterocycles. The van der Waals surface area contributed by atoms with Gasteiger partial charge in [-0.1, -0.05) is 20.8 Å². The lowest BCUT2D eigenvalue weighted by Gasteiger charge is -2.32. The highest BCUT2D eigenvalue weighted by molar-refractivity contribution is 5.94. The third-order valence-electron chi connectivity index (χ3n) is 4.39. The molecule has 1 unspecified atom stereocenters. The number of carbonyl (C=O) groups is 2. The Kier molecular flexibility index (Phi) is 5.46. The Morgan fingerprint density at radius 3 is 2.57 bits per heavy atom. The molecular formula is C17H26N2O4. The molecule has 0 saturated carbocycles. The van der Waals surface area contributed by atoms with Crippen molar-refractivity contribution < 1.29 is 19.1 Å². The third-order valence-corrected chi connectivity index (χ3v) is 4.39. The maximum atomic E-state index is 12.2. The third kappa shape index (κ3) is 4.58. The minimum absolute atomic E-state index is 0.0382. The summed E-state index contributed by atoms with van der Waals surface area (Å²) in [6.45, 7) is 7.18. The van der Waals surface area contributed by atoms with Gasteiger partial charge in [0.15, 0.2) is 0 Å². The molecular weight excluding hydrogens is 296 g/mol. The van der Waals surface area contributed by atoms with Crippen molar-refractivity contribution in [2.75, 3.05) is 19.6 Å². The quantitative estimate of drug-likeness (QED) is 0.883. The number of aliphatic hydroxyl groups excluding tert-OH is 1. The molecule has 2 heterocycles. The van der Waals surface area contributed by atoms with Gasteiger partial charge in [-0.15, -0.1) is 0 Å². The molecule has 1 aromatic rings. The highest BCUT2D eigenvalue weighted by Crippen LogP contribution is 2.21. The van der Waals surface area contributed by atoms with Gasteiger partial charge in [-0.25, -0.2) is 0 Å². The Morgan fingerprint density at radius 2 is 2.04 bits per heavy atom. The van der Waals surface area contributed by atoms with E-state index in [1.165, 1.54) is 12.5 Å². The second kappa shape index (κ2) is 7.17. The first-order valence-electron chi connectivity index (χ1n) is 8.06. The number of aliphatic hydroxyl groups is 1. The van der Waals surface area contributed by atoms with Gasteiger partial charge in [0.05, 0.1) is 17.9 Å². The van der Waals surface area contributed by atoms with Gasteiger partial charge in [-0.3, -0.25) is 9.59 Å². The van der Waals surface area contributed by atoms with Crippen molar-refractivity contribution >= 4 is 11.8 Å². The molecule has 128 valence electrons. The fourth-order valence-corrected chi connectivity index (χ4v) is 2.56. The number of hydrogen-bond acceptors (Lipinski definition) is 4. The summed E-state index contributed by atoms with van der Waals surface area (Å²) in [4.78, 5) is 26.1. The van der Waals surface area contributed by atoms with Gasteiger partial charge in [0.2, 0.25) is 5.91 Å². The van der Waals surface area contributed by atoms with Crippen LogP contribution in [0.2, 0.25) is 0 Å². The number of piperidine rings is 1. The zero-order valence-electron chi connectivity index (χ0n) is 14.0. The van der Waals surface area contributed by atoms with Gasteiger partial charge >= 0.3 is 0 Å². The lowest BCUT2D eigenvalue weighted by molar-refractivity contribution is -0.127. The van der Waals surface area contributed by atoms with Crippen molar-refractivity contribution in [2.45, 2.75) is 39.7 Å². The lowest BCUT2D eigenvalue weighted by Crippen LogP contribution is -2.45. The maximum Gasteiger partial charge on any atom is 0.257 e. The largest absolute Gasteiger partial charge is 0.472 e. The zero-order valence-corrected chi connectivity index (χ0v) is 14.0. The Labute approximate surface area is 136 Å². The summed E-state index contributed by atoms with van der Waals surface area (Å²) in [6.07, 6.45) is 3.62. The van der Waals surface area contributed by atoms with Crippen LogP contribution in [0.3, 0.4) is 0 Å². The molecule has 2 rings (SSSR count). The minimum Gasteiger partial charge on any atom is -0.472 e. The van der Waals surface area contributed by atoms with Crippen LogP contribution in [-0.4, -0.2) is 47.6 Å². The average molecular weight is 322 g/mol. The van der Waals surface area contributed by atoms with Crippen LogP contribution in [0, 0.1) is 11.3 Å². The van der Waals surface area contributed by atoms with Gasteiger partial charge < -0.3 is 19.7 Å². The summed E-state index contributed by atoms with van der Waals surface area (Å²) in [7, 11) is 0. The number of nitrogens with zero attached hydrogens (tertiary/aromatic N) is 1. The molecule has 0 aromatic carbocycles. The van der Waals surface area contributed by atoms with Gasteiger partial charge in [0.1, 0.15) is 6.26 Å². The van der Waals surface area contributed by atoms with E-state index in [0.29, 0.717) is 31.5 Å². The van der Waals surface area contributed by atoms with E-state index in [9.17, 15) is 14.7 Å². The van der Waals surface area contributed by atoms with Crippen molar-refractivity contribution in [1.29, 1.82) is 0 Å².